The molecule has 3 nitrogen and oxygen atoms in total. The van der Waals surface area contributed by atoms with Crippen molar-refractivity contribution >= 4 is 29.3 Å². The molecule has 0 aliphatic rings. The zero-order chi connectivity index (χ0) is 13.5. The van der Waals surface area contributed by atoms with E-state index in [0.717, 1.165) is 4.90 Å². The quantitative estimate of drug-likeness (QED) is 0.818. The van der Waals surface area contributed by atoms with Gasteiger partial charge in [0.1, 0.15) is 0 Å². The molecule has 1 atom stereocenters. The van der Waals surface area contributed by atoms with E-state index in [-0.39, 0.29) is 12.0 Å². The van der Waals surface area contributed by atoms with Crippen LogP contribution in [0.1, 0.15) is 13.3 Å². The van der Waals surface area contributed by atoms with Crippen LogP contribution in [0.3, 0.4) is 0 Å². The minimum Gasteiger partial charge on any atom is -0.393 e. The van der Waals surface area contributed by atoms with Gasteiger partial charge in [-0.1, -0.05) is 23.7 Å². The molecule has 1 rings (SSSR count). The largest absolute Gasteiger partial charge is 0.393 e. The number of aliphatic hydroxyl groups excluding tert-OH is 1. The minimum absolute atomic E-state index is 0.0422. The van der Waals surface area contributed by atoms with E-state index in [0.29, 0.717) is 23.7 Å². The molecule has 0 bridgehead atoms. The fourth-order valence-corrected chi connectivity index (χ4v) is 2.50. The van der Waals surface area contributed by atoms with Crippen molar-refractivity contribution in [1.29, 1.82) is 0 Å². The lowest BCUT2D eigenvalue weighted by Crippen LogP contribution is -2.30. The number of amides is 1. The van der Waals surface area contributed by atoms with Crippen LogP contribution in [0.15, 0.2) is 29.2 Å². The van der Waals surface area contributed by atoms with E-state index in [1.54, 1.807) is 18.9 Å². The van der Waals surface area contributed by atoms with E-state index in [1.165, 1.54) is 11.8 Å². The first-order chi connectivity index (χ1) is 8.50. The highest BCUT2D eigenvalue weighted by Crippen LogP contribution is 2.26. The summed E-state index contributed by atoms with van der Waals surface area (Å²) in [4.78, 5) is 14.4. The summed E-state index contributed by atoms with van der Waals surface area (Å²) in [6.07, 6.45) is 0.218. The van der Waals surface area contributed by atoms with Gasteiger partial charge in [0, 0.05) is 18.5 Å². The molecule has 18 heavy (non-hydrogen) atoms. The average molecular weight is 288 g/mol. The van der Waals surface area contributed by atoms with Crippen LogP contribution in [0.5, 0.6) is 0 Å². The van der Waals surface area contributed by atoms with Gasteiger partial charge in [-0.25, -0.2) is 0 Å². The van der Waals surface area contributed by atoms with Crippen molar-refractivity contribution in [3.8, 4) is 0 Å². The third-order valence-corrected chi connectivity index (χ3v) is 4.00. The Morgan fingerprint density at radius 2 is 2.17 bits per heavy atom. The van der Waals surface area contributed by atoms with Crippen LogP contribution in [0, 0.1) is 0 Å². The molecule has 0 fully saturated rings. The second-order valence-corrected chi connectivity index (χ2v) is 5.60. The number of benzene rings is 1. The Labute approximate surface area is 117 Å². The summed E-state index contributed by atoms with van der Waals surface area (Å²) in [6.45, 7) is 2.29. The van der Waals surface area contributed by atoms with Gasteiger partial charge in [0.15, 0.2) is 0 Å². The number of rotatable bonds is 6. The van der Waals surface area contributed by atoms with Gasteiger partial charge in [-0.2, -0.15) is 0 Å². The molecule has 0 saturated carbocycles. The highest BCUT2D eigenvalue weighted by molar-refractivity contribution is 8.00. The number of thioether (sulfide) groups is 1. The second kappa shape index (κ2) is 7.67. The molecule has 0 saturated heterocycles. The molecular formula is C13H18ClNO2S. The third kappa shape index (κ3) is 5.29. The van der Waals surface area contributed by atoms with Crippen molar-refractivity contribution < 1.29 is 9.90 Å². The van der Waals surface area contributed by atoms with E-state index in [1.807, 2.05) is 24.3 Å². The molecule has 5 heteroatoms. The first-order valence-electron chi connectivity index (χ1n) is 5.80. The lowest BCUT2D eigenvalue weighted by atomic mass is 10.3. The summed E-state index contributed by atoms with van der Waals surface area (Å²) >= 11 is 7.44. The molecular weight excluding hydrogens is 270 g/mol. The van der Waals surface area contributed by atoms with Crippen molar-refractivity contribution in [1.82, 2.24) is 4.90 Å². The van der Waals surface area contributed by atoms with Gasteiger partial charge >= 0.3 is 0 Å². The molecule has 1 aromatic rings. The van der Waals surface area contributed by atoms with Gasteiger partial charge in [-0.15, -0.1) is 11.8 Å². The van der Waals surface area contributed by atoms with Crippen LogP contribution < -0.4 is 0 Å². The van der Waals surface area contributed by atoms with Gasteiger partial charge in [0.25, 0.3) is 0 Å². The molecule has 0 aliphatic heterocycles. The Morgan fingerprint density at radius 3 is 2.78 bits per heavy atom. The van der Waals surface area contributed by atoms with Gasteiger partial charge in [-0.05, 0) is 25.5 Å². The van der Waals surface area contributed by atoms with E-state index in [2.05, 4.69) is 0 Å². The Hall–Kier alpha value is -0.710. The molecule has 1 aromatic carbocycles. The van der Waals surface area contributed by atoms with Crippen molar-refractivity contribution in [2.75, 3.05) is 19.3 Å². The molecule has 1 N–H and O–H groups in total. The van der Waals surface area contributed by atoms with E-state index >= 15 is 0 Å². The lowest BCUT2D eigenvalue weighted by Gasteiger charge is -2.17. The SMILES string of the molecule is CC(O)CCN(C)C(=O)CSc1ccccc1Cl. The lowest BCUT2D eigenvalue weighted by molar-refractivity contribution is -0.127. The Balaban J connectivity index is 2.39. The zero-order valence-electron chi connectivity index (χ0n) is 10.6. The van der Waals surface area contributed by atoms with Crippen molar-refractivity contribution in [3.05, 3.63) is 29.3 Å². The topological polar surface area (TPSA) is 40.5 Å². The van der Waals surface area contributed by atoms with Crippen LogP contribution in [0.2, 0.25) is 5.02 Å². The maximum absolute atomic E-state index is 11.8. The smallest absolute Gasteiger partial charge is 0.232 e. The number of hydrogen-bond acceptors (Lipinski definition) is 3. The number of nitrogens with zero attached hydrogens (tertiary/aromatic N) is 1. The molecule has 0 spiro atoms. The standard InChI is InChI=1S/C13H18ClNO2S/c1-10(16)7-8-15(2)13(17)9-18-12-6-4-3-5-11(12)14/h3-6,10,16H,7-9H2,1-2H3. The summed E-state index contributed by atoms with van der Waals surface area (Å²) in [7, 11) is 1.75. The van der Waals surface area contributed by atoms with Gasteiger partial charge in [0.05, 0.1) is 16.9 Å². The molecule has 0 aromatic heterocycles. The highest BCUT2D eigenvalue weighted by Gasteiger charge is 2.11. The third-order valence-electron chi connectivity index (χ3n) is 2.50. The predicted molar refractivity (Wildman–Crippen MR) is 76.1 cm³/mol. The molecule has 0 aliphatic carbocycles. The fraction of sp³-hybridized carbons (Fsp3) is 0.462. The Bertz CT molecular complexity index is 398. The van der Waals surface area contributed by atoms with Gasteiger partial charge in [0.2, 0.25) is 5.91 Å². The average Bonchev–Trinajstić information content (AvgIpc) is 2.34. The van der Waals surface area contributed by atoms with Crippen molar-refractivity contribution in [2.24, 2.45) is 0 Å². The molecule has 0 radical (unpaired) electrons. The zero-order valence-corrected chi connectivity index (χ0v) is 12.2. The number of carbonyl (C=O) groups is 1. The monoisotopic (exact) mass is 287 g/mol. The normalized spacial score (nSPS) is 12.2. The minimum atomic E-state index is -0.378. The van der Waals surface area contributed by atoms with Crippen molar-refractivity contribution in [2.45, 2.75) is 24.3 Å². The van der Waals surface area contributed by atoms with Crippen LogP contribution >= 0.6 is 23.4 Å². The highest BCUT2D eigenvalue weighted by atomic mass is 35.5. The van der Waals surface area contributed by atoms with Crippen LogP contribution in [0.25, 0.3) is 0 Å². The summed E-state index contributed by atoms with van der Waals surface area (Å²) in [5.41, 5.74) is 0. The second-order valence-electron chi connectivity index (χ2n) is 4.17. The number of halogens is 1. The maximum Gasteiger partial charge on any atom is 0.232 e. The Kier molecular flexibility index (Phi) is 6.54. The van der Waals surface area contributed by atoms with Gasteiger partial charge < -0.3 is 10.0 Å². The molecule has 1 amide bonds. The molecule has 1 unspecified atom stereocenters. The summed E-state index contributed by atoms with van der Waals surface area (Å²) in [6, 6.07) is 7.47. The van der Waals surface area contributed by atoms with E-state index in [9.17, 15) is 4.79 Å². The van der Waals surface area contributed by atoms with E-state index < -0.39 is 0 Å². The van der Waals surface area contributed by atoms with E-state index in [4.69, 9.17) is 16.7 Å². The maximum atomic E-state index is 11.8. The number of aliphatic hydroxyl groups is 1. The predicted octanol–water partition coefficient (Wildman–Crippen LogP) is 2.66. The first kappa shape index (κ1) is 15.3. The number of hydrogen-bond donors (Lipinski definition) is 1. The van der Waals surface area contributed by atoms with Crippen LogP contribution in [-0.4, -0.2) is 41.4 Å². The van der Waals surface area contributed by atoms with Crippen LogP contribution in [-0.2, 0) is 4.79 Å². The van der Waals surface area contributed by atoms with Gasteiger partial charge in [-0.3, -0.25) is 4.79 Å². The summed E-state index contributed by atoms with van der Waals surface area (Å²) in [5.74, 6) is 0.403. The first-order valence-corrected chi connectivity index (χ1v) is 7.16. The number of carbonyl (C=O) groups excluding carboxylic acids is 1. The molecule has 0 heterocycles. The summed E-state index contributed by atoms with van der Waals surface area (Å²) < 4.78 is 0. The van der Waals surface area contributed by atoms with Crippen LogP contribution in [0.4, 0.5) is 0 Å². The summed E-state index contributed by atoms with van der Waals surface area (Å²) in [5, 5.41) is 9.84. The van der Waals surface area contributed by atoms with Crippen molar-refractivity contribution in [3.63, 3.8) is 0 Å². The Morgan fingerprint density at radius 1 is 1.50 bits per heavy atom. The molecule has 100 valence electrons. The fourth-order valence-electron chi connectivity index (χ4n) is 1.32.